The van der Waals surface area contributed by atoms with Gasteiger partial charge in [-0.25, -0.2) is 0 Å². The Morgan fingerprint density at radius 2 is 1.47 bits per heavy atom. The van der Waals surface area contributed by atoms with Gasteiger partial charge in [0, 0.05) is 24.2 Å². The van der Waals surface area contributed by atoms with E-state index in [0.29, 0.717) is 48.3 Å². The first-order valence-electron chi connectivity index (χ1n) is 19.8. The van der Waals surface area contributed by atoms with Gasteiger partial charge in [0.05, 0.1) is 37.1 Å². The first-order chi connectivity index (χ1) is 24.1. The van der Waals surface area contributed by atoms with Crippen LogP contribution >= 0.6 is 0 Å². The fourth-order valence-electron chi connectivity index (χ4n) is 12.6. The second-order valence-electron chi connectivity index (χ2n) is 18.3. The summed E-state index contributed by atoms with van der Waals surface area (Å²) in [6.45, 7) is 13.4. The zero-order valence-electron chi connectivity index (χ0n) is 31.0. The molecule has 3 saturated carbocycles. The van der Waals surface area contributed by atoms with Crippen molar-refractivity contribution in [1.82, 2.24) is 0 Å². The molecule has 290 valence electrons. The molecule has 12 nitrogen and oxygen atoms in total. The summed E-state index contributed by atoms with van der Waals surface area (Å²) in [5, 5.41) is 64.8. The summed E-state index contributed by atoms with van der Waals surface area (Å²) >= 11 is 0. The first-order valence-corrected chi connectivity index (χ1v) is 19.8. The molecule has 4 saturated heterocycles. The quantitative estimate of drug-likeness (QED) is 0.234. The van der Waals surface area contributed by atoms with Crippen LogP contribution < -0.4 is 0 Å². The maximum absolute atomic E-state index is 11.3. The van der Waals surface area contributed by atoms with Gasteiger partial charge in [-0.3, -0.25) is 0 Å². The minimum atomic E-state index is -1.61. The van der Waals surface area contributed by atoms with Crippen molar-refractivity contribution in [2.45, 2.75) is 178 Å². The van der Waals surface area contributed by atoms with Crippen molar-refractivity contribution in [3.8, 4) is 0 Å². The van der Waals surface area contributed by atoms with Gasteiger partial charge in [0.2, 0.25) is 0 Å². The number of rotatable bonds is 4. The highest BCUT2D eigenvalue weighted by molar-refractivity contribution is 5.29. The summed E-state index contributed by atoms with van der Waals surface area (Å²) in [4.78, 5) is 0. The molecule has 22 atom stereocenters. The molecule has 4 aliphatic carbocycles. The van der Waals surface area contributed by atoms with Crippen LogP contribution in [0.5, 0.6) is 0 Å². The van der Waals surface area contributed by atoms with E-state index in [1.165, 1.54) is 5.57 Å². The van der Waals surface area contributed by atoms with E-state index in [1.54, 1.807) is 13.8 Å². The maximum Gasteiger partial charge on any atom is 0.187 e. The third kappa shape index (κ3) is 5.67. The molecule has 0 aromatic carbocycles. The van der Waals surface area contributed by atoms with E-state index in [-0.39, 0.29) is 11.5 Å². The Kier molecular flexibility index (Phi) is 9.62. The highest BCUT2D eigenvalue weighted by atomic mass is 16.8. The minimum absolute atomic E-state index is 0.130. The molecule has 12 heteroatoms. The van der Waals surface area contributed by atoms with Gasteiger partial charge in [-0.1, -0.05) is 39.3 Å². The van der Waals surface area contributed by atoms with Gasteiger partial charge < -0.3 is 59.1 Å². The third-order valence-electron chi connectivity index (χ3n) is 15.6. The molecule has 8 aliphatic rings. The fraction of sp³-hybridized carbons (Fsp3) is 0.949. The summed E-state index contributed by atoms with van der Waals surface area (Å²) in [6.07, 6.45) is -4.22. The SMILES string of the molecule is C[C@H]1CC[C@@]2(OC1)O[C@H]1CC3C4CC=C5C[C@@H](O)C[C@@H](O[C@@H]6O[C@H](C)[C@H](O)[C@H](O)[C@H]6O[C@@H]6O[C@@H](C)[C@H](O)[C@@H](O)[C@H]6O)[C@]5(C)C4CC[C@]3(C)[C@H]1[C@@H]2C. The second-order valence-corrected chi connectivity index (χ2v) is 18.3. The Labute approximate surface area is 301 Å². The number of aliphatic hydroxyl groups is 6. The monoisotopic (exact) mass is 722 g/mol. The van der Waals surface area contributed by atoms with E-state index in [0.717, 1.165) is 45.1 Å². The largest absolute Gasteiger partial charge is 0.393 e. The van der Waals surface area contributed by atoms with Crippen molar-refractivity contribution in [2.75, 3.05) is 6.61 Å². The summed E-state index contributed by atoms with van der Waals surface area (Å²) < 4.78 is 38.4. The van der Waals surface area contributed by atoms with Crippen LogP contribution in [-0.2, 0) is 28.4 Å². The maximum atomic E-state index is 11.3. The smallest absolute Gasteiger partial charge is 0.187 e. The normalized spacial score (nSPS) is 59.8. The molecule has 4 heterocycles. The standard InChI is InChI=1S/C39H62O12/c1-17-9-12-39(46-16-17)18(2)28-26(51-39)15-25-23-8-7-21-13-22(40)14-27(38(21,6)24(23)10-11-37(25,28)5)49-36-34(32(44)30(42)20(4)48-36)50-35-33(45)31(43)29(41)19(3)47-35/h7,17-20,22-36,40-45H,8-16H2,1-6H3/t17-,18-,19-,20+,22+,23?,24?,25?,26-,27+,28-,29-,30-,31+,32-,33+,34+,35-,36-,37-,38-,39+/m0/s1. The van der Waals surface area contributed by atoms with Crippen LogP contribution in [0.2, 0.25) is 0 Å². The Morgan fingerprint density at radius 1 is 0.765 bits per heavy atom. The average molecular weight is 723 g/mol. The number of fused-ring (bicyclic) bond motifs is 7. The summed E-state index contributed by atoms with van der Waals surface area (Å²) in [6, 6.07) is 0. The van der Waals surface area contributed by atoms with Crippen LogP contribution in [0.1, 0.15) is 92.9 Å². The van der Waals surface area contributed by atoms with Gasteiger partial charge in [0.15, 0.2) is 18.4 Å². The van der Waals surface area contributed by atoms with Crippen LogP contribution in [0, 0.1) is 46.3 Å². The fourth-order valence-corrected chi connectivity index (χ4v) is 12.6. The lowest BCUT2D eigenvalue weighted by molar-refractivity contribution is -0.371. The van der Waals surface area contributed by atoms with Gasteiger partial charge >= 0.3 is 0 Å². The predicted octanol–water partition coefficient (Wildman–Crippen LogP) is 2.39. The van der Waals surface area contributed by atoms with Crippen molar-refractivity contribution in [3.05, 3.63) is 11.6 Å². The number of allylic oxidation sites excluding steroid dienone is 1. The second kappa shape index (κ2) is 13.2. The molecule has 0 aromatic rings. The minimum Gasteiger partial charge on any atom is -0.393 e. The van der Waals surface area contributed by atoms with Crippen LogP contribution in [0.4, 0.5) is 0 Å². The highest BCUT2D eigenvalue weighted by Crippen LogP contribution is 2.71. The Bertz CT molecular complexity index is 1320. The summed E-state index contributed by atoms with van der Waals surface area (Å²) in [7, 11) is 0. The van der Waals surface area contributed by atoms with Gasteiger partial charge in [0.1, 0.15) is 36.6 Å². The Balaban J connectivity index is 1.05. The molecule has 0 radical (unpaired) electrons. The Morgan fingerprint density at radius 3 is 2.18 bits per heavy atom. The lowest BCUT2D eigenvalue weighted by Gasteiger charge is -2.60. The van der Waals surface area contributed by atoms with E-state index in [4.69, 9.17) is 28.4 Å². The summed E-state index contributed by atoms with van der Waals surface area (Å²) in [5.41, 5.74) is 0.900. The Hall–Kier alpha value is -0.740. The molecular formula is C39H62O12. The predicted molar refractivity (Wildman–Crippen MR) is 182 cm³/mol. The van der Waals surface area contributed by atoms with E-state index < -0.39 is 84.8 Å². The average Bonchev–Trinajstić information content (AvgIpc) is 3.54. The van der Waals surface area contributed by atoms with Crippen LogP contribution in [0.25, 0.3) is 0 Å². The molecule has 8 rings (SSSR count). The molecule has 0 amide bonds. The van der Waals surface area contributed by atoms with Gasteiger partial charge in [-0.05, 0) is 87.4 Å². The number of ether oxygens (including phenoxy) is 6. The topological polar surface area (TPSA) is 177 Å². The number of hydrogen-bond donors (Lipinski definition) is 6. The number of aliphatic hydroxyl groups excluding tert-OH is 6. The molecule has 3 unspecified atom stereocenters. The zero-order chi connectivity index (χ0) is 36.4. The lowest BCUT2D eigenvalue weighted by atomic mass is 9.46. The van der Waals surface area contributed by atoms with Crippen LogP contribution in [0.15, 0.2) is 11.6 Å². The first kappa shape index (κ1) is 37.2. The van der Waals surface area contributed by atoms with Gasteiger partial charge in [0.25, 0.3) is 0 Å². The van der Waals surface area contributed by atoms with Crippen molar-refractivity contribution in [3.63, 3.8) is 0 Å². The van der Waals surface area contributed by atoms with Gasteiger partial charge in [-0.2, -0.15) is 0 Å². The molecule has 1 spiro atoms. The number of hydrogen-bond acceptors (Lipinski definition) is 12. The van der Waals surface area contributed by atoms with Crippen LogP contribution in [0.3, 0.4) is 0 Å². The van der Waals surface area contributed by atoms with Crippen LogP contribution in [-0.4, -0.2) is 123 Å². The van der Waals surface area contributed by atoms with Crippen molar-refractivity contribution < 1.29 is 59.1 Å². The zero-order valence-corrected chi connectivity index (χ0v) is 31.0. The van der Waals surface area contributed by atoms with E-state index >= 15 is 0 Å². The molecular weight excluding hydrogens is 660 g/mol. The highest BCUT2D eigenvalue weighted by Gasteiger charge is 2.69. The molecule has 51 heavy (non-hydrogen) atoms. The van der Waals surface area contributed by atoms with Crippen molar-refractivity contribution >= 4 is 0 Å². The molecule has 4 aliphatic heterocycles. The van der Waals surface area contributed by atoms with Crippen molar-refractivity contribution in [1.29, 1.82) is 0 Å². The lowest BCUT2D eigenvalue weighted by Crippen LogP contribution is -2.64. The van der Waals surface area contributed by atoms with Gasteiger partial charge in [-0.15, -0.1) is 0 Å². The van der Waals surface area contributed by atoms with E-state index in [9.17, 15) is 30.6 Å². The summed E-state index contributed by atoms with van der Waals surface area (Å²) in [5.74, 6) is 2.06. The third-order valence-corrected chi connectivity index (χ3v) is 15.6. The van der Waals surface area contributed by atoms with E-state index in [2.05, 4.69) is 33.8 Å². The van der Waals surface area contributed by atoms with E-state index in [1.807, 2.05) is 0 Å². The van der Waals surface area contributed by atoms with Crippen molar-refractivity contribution in [2.24, 2.45) is 46.3 Å². The molecule has 0 bridgehead atoms. The molecule has 0 aromatic heterocycles. The molecule has 7 fully saturated rings. The molecule has 6 N–H and O–H groups in total.